The predicted octanol–water partition coefficient (Wildman–Crippen LogP) is 2.84. The molecule has 0 bridgehead atoms. The molecule has 0 amide bonds. The number of hydrogen-bond donors (Lipinski definition) is 0. The Balaban J connectivity index is 1.01. The van der Waals surface area contributed by atoms with E-state index >= 15 is 0 Å². The van der Waals surface area contributed by atoms with Crippen LogP contribution >= 0.6 is 11.6 Å². The van der Waals surface area contributed by atoms with E-state index < -0.39 is 15.8 Å². The first-order valence-electron chi connectivity index (χ1n) is 16.0. The quantitative estimate of drug-likeness (QED) is 0.169. The number of ether oxygens (including phenoxy) is 1. The lowest BCUT2D eigenvalue weighted by Gasteiger charge is -2.35. The minimum Gasteiger partial charge on any atom is -0.571 e. The second-order valence-corrected chi connectivity index (χ2v) is 14.6. The summed E-state index contributed by atoms with van der Waals surface area (Å²) in [5.41, 5.74) is 3.35. The number of carbonyl (C=O) groups excluding carboxylic acids is 2. The first-order chi connectivity index (χ1) is 23.2. The van der Waals surface area contributed by atoms with Gasteiger partial charge in [0.2, 0.25) is 27.3 Å². The van der Waals surface area contributed by atoms with Gasteiger partial charge in [-0.15, -0.1) is 4.68 Å². The number of hydrogen-bond acceptors (Lipinski definition) is 9. The molecule has 2 saturated heterocycles. The van der Waals surface area contributed by atoms with Gasteiger partial charge in [-0.25, -0.2) is 8.42 Å². The van der Waals surface area contributed by atoms with Crippen molar-refractivity contribution in [2.45, 2.75) is 24.4 Å². The van der Waals surface area contributed by atoms with Crippen LogP contribution in [0.3, 0.4) is 0 Å². The highest BCUT2D eigenvalue weighted by Crippen LogP contribution is 2.30. The molecule has 3 heterocycles. The summed E-state index contributed by atoms with van der Waals surface area (Å²) in [5, 5.41) is 17.2. The van der Waals surface area contributed by atoms with Gasteiger partial charge in [0.1, 0.15) is 0 Å². The predicted molar refractivity (Wildman–Crippen MR) is 177 cm³/mol. The molecule has 0 N–H and O–H groups in total. The number of piperazine rings is 1. The Kier molecular flexibility index (Phi) is 9.16. The molecule has 7 rings (SSSR count). The Morgan fingerprint density at radius 3 is 2.19 bits per heavy atom. The number of halogens is 1. The summed E-state index contributed by atoms with van der Waals surface area (Å²) in [6.45, 7) is 6.06. The van der Waals surface area contributed by atoms with Gasteiger partial charge in [-0.2, -0.15) is 4.31 Å². The molecule has 3 aliphatic rings. The summed E-state index contributed by atoms with van der Waals surface area (Å²) in [7, 11) is -3.66. The maximum absolute atomic E-state index is 13.5. The molecule has 2 aliphatic heterocycles. The Bertz CT molecular complexity index is 1970. The third-order valence-corrected chi connectivity index (χ3v) is 11.4. The normalized spacial score (nSPS) is 17.8. The minimum atomic E-state index is -3.66. The van der Waals surface area contributed by atoms with Crippen molar-refractivity contribution in [1.82, 2.24) is 23.9 Å². The highest BCUT2D eigenvalue weighted by atomic mass is 35.5. The molecule has 1 aromatic heterocycles. The molecule has 48 heavy (non-hydrogen) atoms. The van der Waals surface area contributed by atoms with E-state index in [1.807, 2.05) is 30.3 Å². The van der Waals surface area contributed by atoms with Crippen LogP contribution in [0.5, 0.6) is 0 Å². The number of morpholine rings is 1. The summed E-state index contributed by atoms with van der Waals surface area (Å²) >= 11 is 6.16. The molecule has 0 radical (unpaired) electrons. The molecule has 4 aromatic rings. The van der Waals surface area contributed by atoms with Crippen molar-refractivity contribution in [3.63, 3.8) is 0 Å². The molecule has 250 valence electrons. The first kappa shape index (κ1) is 32.6. The fraction of sp³-hybridized carbons (Fsp3) is 0.353. The zero-order chi connectivity index (χ0) is 33.4. The number of benzene rings is 3. The molecule has 0 saturated carbocycles. The highest BCUT2D eigenvalue weighted by molar-refractivity contribution is 7.89. The third kappa shape index (κ3) is 6.29. The second kappa shape index (κ2) is 13.5. The van der Waals surface area contributed by atoms with Gasteiger partial charge in [-0.05, 0) is 47.4 Å². The monoisotopic (exact) mass is 690 g/mol. The van der Waals surface area contributed by atoms with Crippen LogP contribution < -0.4 is 4.96 Å². The fourth-order valence-electron chi connectivity index (χ4n) is 6.67. The van der Waals surface area contributed by atoms with Gasteiger partial charge in [0, 0.05) is 78.6 Å². The first-order valence-corrected chi connectivity index (χ1v) is 17.8. The van der Waals surface area contributed by atoms with Crippen molar-refractivity contribution in [3.8, 4) is 11.1 Å². The Morgan fingerprint density at radius 1 is 0.812 bits per heavy atom. The molecule has 1 aliphatic carbocycles. The van der Waals surface area contributed by atoms with Gasteiger partial charge < -0.3 is 14.8 Å². The molecule has 0 atom stereocenters. The van der Waals surface area contributed by atoms with Crippen molar-refractivity contribution >= 4 is 33.2 Å². The fourth-order valence-corrected chi connectivity index (χ4v) is 8.25. The standard InChI is InChI=1S/C34H35ClN6O6S/c35-26-8-6-24(7-9-26)28-11-10-27(48(45,46)39-18-20-47-21-19-39)22-25(28)23-38-16-14-37(15-17-38)12-3-13-40-32-31(36-41(40)44)33(42)29-4-1-2-5-30(29)34(32)43/h1-2,4-11,22H,3,12-21,23H2. The van der Waals surface area contributed by atoms with Crippen molar-refractivity contribution in [2.75, 3.05) is 59.0 Å². The van der Waals surface area contributed by atoms with E-state index in [9.17, 15) is 23.2 Å². The van der Waals surface area contributed by atoms with Gasteiger partial charge in [0.15, 0.2) is 5.69 Å². The number of ketones is 2. The van der Waals surface area contributed by atoms with Crippen molar-refractivity contribution in [3.05, 3.63) is 105 Å². The van der Waals surface area contributed by atoms with Crippen LogP contribution in [-0.4, -0.2) is 103 Å². The van der Waals surface area contributed by atoms with Crippen LogP contribution in [0.1, 0.15) is 44.1 Å². The van der Waals surface area contributed by atoms with E-state index in [4.69, 9.17) is 16.3 Å². The van der Waals surface area contributed by atoms with E-state index in [0.29, 0.717) is 55.8 Å². The van der Waals surface area contributed by atoms with Crippen molar-refractivity contribution < 1.29 is 27.7 Å². The molecular weight excluding hydrogens is 656 g/mol. The van der Waals surface area contributed by atoms with Crippen molar-refractivity contribution in [1.29, 1.82) is 0 Å². The van der Waals surface area contributed by atoms with Crippen LogP contribution in [0.15, 0.2) is 71.6 Å². The maximum Gasteiger partial charge on any atom is 0.243 e. The highest BCUT2D eigenvalue weighted by Gasteiger charge is 2.39. The van der Waals surface area contributed by atoms with E-state index in [0.717, 1.165) is 42.9 Å². The zero-order valence-electron chi connectivity index (χ0n) is 26.3. The van der Waals surface area contributed by atoms with Crippen LogP contribution in [0, 0.1) is 5.21 Å². The van der Waals surface area contributed by atoms with Gasteiger partial charge in [-0.3, -0.25) is 14.5 Å². The van der Waals surface area contributed by atoms with Gasteiger partial charge in [0.25, 0.3) is 0 Å². The van der Waals surface area contributed by atoms with E-state index in [1.54, 1.807) is 36.4 Å². The van der Waals surface area contributed by atoms with Crippen LogP contribution in [0.25, 0.3) is 11.1 Å². The summed E-state index contributed by atoms with van der Waals surface area (Å²) in [6.07, 6.45) is 0.594. The topological polar surface area (TPSA) is 132 Å². The molecule has 12 nitrogen and oxygen atoms in total. The lowest BCUT2D eigenvalue weighted by Crippen LogP contribution is -2.47. The van der Waals surface area contributed by atoms with Crippen LogP contribution in [-0.2, 0) is 27.8 Å². The summed E-state index contributed by atoms with van der Waals surface area (Å²) in [4.78, 5) is 31.4. The smallest absolute Gasteiger partial charge is 0.243 e. The lowest BCUT2D eigenvalue weighted by molar-refractivity contribution is -0.749. The lowest BCUT2D eigenvalue weighted by atomic mass is 9.90. The molecule has 14 heteroatoms. The number of fused-ring (bicyclic) bond motifs is 2. The maximum atomic E-state index is 13.5. The molecule has 0 spiro atoms. The van der Waals surface area contributed by atoms with Gasteiger partial charge in [0.05, 0.1) is 24.7 Å². The second-order valence-electron chi connectivity index (χ2n) is 12.2. The Labute approximate surface area is 283 Å². The van der Waals surface area contributed by atoms with Crippen molar-refractivity contribution in [2.24, 2.45) is 0 Å². The molecule has 0 unspecified atom stereocenters. The largest absolute Gasteiger partial charge is 0.571 e. The number of sulfonamides is 1. The Morgan fingerprint density at radius 2 is 1.48 bits per heavy atom. The number of rotatable bonds is 9. The van der Waals surface area contributed by atoms with Crippen LogP contribution in [0.2, 0.25) is 5.02 Å². The zero-order valence-corrected chi connectivity index (χ0v) is 27.8. The van der Waals surface area contributed by atoms with E-state index in [-0.39, 0.29) is 39.7 Å². The number of nitrogens with zero attached hydrogens (tertiary/aromatic N) is 6. The van der Waals surface area contributed by atoms with Gasteiger partial charge in [-0.1, -0.05) is 54.1 Å². The van der Waals surface area contributed by atoms with E-state index in [1.165, 1.54) is 8.99 Å². The third-order valence-electron chi connectivity index (χ3n) is 9.26. The number of carbonyl (C=O) groups is 2. The average molecular weight is 691 g/mol. The molecular formula is C34H35ClN6O6S. The number of aromatic nitrogens is 3. The summed E-state index contributed by atoms with van der Waals surface area (Å²) in [5.74, 6) is -0.779. The molecule has 3 aromatic carbocycles. The minimum absolute atomic E-state index is 0.0490. The molecule has 2 fully saturated rings. The van der Waals surface area contributed by atoms with E-state index in [2.05, 4.69) is 14.9 Å². The average Bonchev–Trinajstić information content (AvgIpc) is 3.44. The summed E-state index contributed by atoms with van der Waals surface area (Å²) in [6, 6.07) is 19.5. The SMILES string of the molecule is O=C1c2ccccc2C(=O)c2c1n[n+]([O-])n2CCCN1CCN(Cc2cc(S(=O)(=O)N3CCOCC3)ccc2-c2ccc(Cl)cc2)CC1. The van der Waals surface area contributed by atoms with Crippen LogP contribution in [0.4, 0.5) is 0 Å². The summed E-state index contributed by atoms with van der Waals surface area (Å²) < 4.78 is 35.1. The Hall–Kier alpha value is -3.98. The van der Waals surface area contributed by atoms with Gasteiger partial charge >= 0.3 is 0 Å².